The summed E-state index contributed by atoms with van der Waals surface area (Å²) in [5, 5.41) is 3.49. The Morgan fingerprint density at radius 1 is 1.30 bits per heavy atom. The van der Waals surface area contributed by atoms with Gasteiger partial charge in [0.05, 0.1) is 0 Å². The Kier molecular flexibility index (Phi) is 5.41. The first kappa shape index (κ1) is 14.9. The Morgan fingerprint density at radius 3 is 2.75 bits per heavy atom. The lowest BCUT2D eigenvalue weighted by Gasteiger charge is -2.24. The average Bonchev–Trinajstić information content (AvgIpc) is 2.92. The molecule has 4 nitrogen and oxygen atoms in total. The normalized spacial score (nSPS) is 14.8. The molecular weight excluding hydrogens is 248 g/mol. The van der Waals surface area contributed by atoms with Crippen LogP contribution in [0.4, 0.5) is 5.69 Å². The zero-order valence-corrected chi connectivity index (χ0v) is 12.9. The minimum absolute atomic E-state index is 0.938. The zero-order chi connectivity index (χ0) is 14.4. The lowest BCUT2D eigenvalue weighted by Crippen LogP contribution is -2.43. The molecule has 0 bridgehead atoms. The van der Waals surface area contributed by atoms with Crippen molar-refractivity contribution in [3.05, 3.63) is 29.8 Å². The lowest BCUT2D eigenvalue weighted by atomic mass is 10.2. The quantitative estimate of drug-likeness (QED) is 0.658. The highest BCUT2D eigenvalue weighted by atomic mass is 15.3. The van der Waals surface area contributed by atoms with E-state index in [2.05, 4.69) is 58.2 Å². The molecule has 0 saturated heterocycles. The summed E-state index contributed by atoms with van der Waals surface area (Å²) in [6.07, 6.45) is 1.10. The molecule has 20 heavy (non-hydrogen) atoms. The third-order valence-corrected chi connectivity index (χ3v) is 3.96. The van der Waals surface area contributed by atoms with Crippen LogP contribution < -0.4 is 10.2 Å². The second kappa shape index (κ2) is 7.29. The zero-order valence-electron chi connectivity index (χ0n) is 12.9. The first-order valence-electron chi connectivity index (χ1n) is 7.58. The first-order valence-corrected chi connectivity index (χ1v) is 7.58. The third kappa shape index (κ3) is 3.31. The predicted molar refractivity (Wildman–Crippen MR) is 86.6 cm³/mol. The van der Waals surface area contributed by atoms with Gasteiger partial charge in [0, 0.05) is 32.4 Å². The van der Waals surface area contributed by atoms with Crippen molar-refractivity contribution in [1.29, 1.82) is 0 Å². The minimum atomic E-state index is 0.938. The van der Waals surface area contributed by atoms with Gasteiger partial charge in [-0.1, -0.05) is 32.0 Å². The van der Waals surface area contributed by atoms with Crippen molar-refractivity contribution < 1.29 is 0 Å². The van der Waals surface area contributed by atoms with E-state index in [1.54, 1.807) is 0 Å². The molecule has 2 rings (SSSR count). The van der Waals surface area contributed by atoms with E-state index in [4.69, 9.17) is 0 Å². The predicted octanol–water partition coefficient (Wildman–Crippen LogP) is 1.97. The maximum absolute atomic E-state index is 4.43. The van der Waals surface area contributed by atoms with Gasteiger partial charge in [-0.3, -0.25) is 4.99 Å². The number of aliphatic imine (C=N–C) groups is 1. The fourth-order valence-electron chi connectivity index (χ4n) is 2.72. The number of para-hydroxylation sites is 1. The van der Waals surface area contributed by atoms with Crippen molar-refractivity contribution >= 4 is 11.6 Å². The van der Waals surface area contributed by atoms with Crippen LogP contribution >= 0.6 is 0 Å². The number of rotatable bonds is 5. The van der Waals surface area contributed by atoms with Gasteiger partial charge < -0.3 is 15.1 Å². The van der Waals surface area contributed by atoms with E-state index >= 15 is 0 Å². The van der Waals surface area contributed by atoms with Gasteiger partial charge in [-0.25, -0.2) is 0 Å². The van der Waals surface area contributed by atoms with Gasteiger partial charge in [0.2, 0.25) is 0 Å². The van der Waals surface area contributed by atoms with Crippen molar-refractivity contribution in [1.82, 2.24) is 10.2 Å². The second-order valence-electron chi connectivity index (χ2n) is 5.03. The molecule has 110 valence electrons. The number of benzene rings is 1. The highest BCUT2D eigenvalue weighted by Gasteiger charge is 2.22. The average molecular weight is 274 g/mol. The molecule has 0 radical (unpaired) electrons. The van der Waals surface area contributed by atoms with E-state index in [1.807, 2.05) is 7.05 Å². The summed E-state index contributed by atoms with van der Waals surface area (Å²) in [7, 11) is 1.86. The van der Waals surface area contributed by atoms with Crippen LogP contribution in [-0.4, -0.2) is 50.6 Å². The maximum Gasteiger partial charge on any atom is 0.198 e. The van der Waals surface area contributed by atoms with E-state index in [0.29, 0.717) is 0 Å². The highest BCUT2D eigenvalue weighted by molar-refractivity contribution is 5.97. The molecule has 0 atom stereocenters. The fraction of sp³-hybridized carbons (Fsp3) is 0.562. The van der Waals surface area contributed by atoms with Gasteiger partial charge >= 0.3 is 0 Å². The van der Waals surface area contributed by atoms with Crippen molar-refractivity contribution in [2.45, 2.75) is 20.3 Å². The summed E-state index contributed by atoms with van der Waals surface area (Å²) in [5.74, 6) is 0.988. The molecule has 1 aromatic rings. The Hall–Kier alpha value is -1.55. The molecule has 1 aromatic carbocycles. The monoisotopic (exact) mass is 274 g/mol. The minimum Gasteiger partial charge on any atom is -0.355 e. The van der Waals surface area contributed by atoms with Gasteiger partial charge in [-0.15, -0.1) is 0 Å². The van der Waals surface area contributed by atoms with Crippen LogP contribution in [0.15, 0.2) is 29.3 Å². The van der Waals surface area contributed by atoms with Crippen molar-refractivity contribution in [2.24, 2.45) is 4.99 Å². The number of anilines is 1. The Bertz CT molecular complexity index is 452. The van der Waals surface area contributed by atoms with Gasteiger partial charge in [-0.2, -0.15) is 0 Å². The van der Waals surface area contributed by atoms with Crippen molar-refractivity contribution in [2.75, 3.05) is 44.7 Å². The van der Waals surface area contributed by atoms with Crippen LogP contribution in [0.3, 0.4) is 0 Å². The molecule has 0 saturated carbocycles. The molecule has 1 aliphatic rings. The van der Waals surface area contributed by atoms with Crippen LogP contribution in [0.5, 0.6) is 0 Å². The highest BCUT2D eigenvalue weighted by Crippen LogP contribution is 2.27. The summed E-state index contributed by atoms with van der Waals surface area (Å²) in [5.41, 5.74) is 2.71. The molecule has 0 spiro atoms. The fourth-order valence-corrected chi connectivity index (χ4v) is 2.72. The first-order chi connectivity index (χ1) is 9.80. The van der Waals surface area contributed by atoms with E-state index in [1.165, 1.54) is 11.3 Å². The van der Waals surface area contributed by atoms with Crippen LogP contribution in [0, 0.1) is 0 Å². The van der Waals surface area contributed by atoms with Gasteiger partial charge in [0.15, 0.2) is 5.96 Å². The Morgan fingerprint density at radius 2 is 2.05 bits per heavy atom. The van der Waals surface area contributed by atoms with Crippen LogP contribution in [0.25, 0.3) is 0 Å². The molecule has 0 aliphatic carbocycles. The molecule has 4 heteroatoms. The number of nitrogens with one attached hydrogen (secondary N) is 1. The molecule has 0 aromatic heterocycles. The Labute approximate surface area is 122 Å². The number of hydrogen-bond acceptors (Lipinski definition) is 2. The summed E-state index contributed by atoms with van der Waals surface area (Å²) in [6.45, 7) is 9.62. The van der Waals surface area contributed by atoms with Gasteiger partial charge in [0.25, 0.3) is 0 Å². The SMILES string of the molecule is CCN(CC)CCNC(=NC)N1CCc2ccccc21. The number of fused-ring (bicyclic) bond motifs is 1. The number of hydrogen-bond donors (Lipinski definition) is 1. The Balaban J connectivity index is 1.94. The van der Waals surface area contributed by atoms with E-state index in [9.17, 15) is 0 Å². The standard InChI is InChI=1S/C16H26N4/c1-4-19(5-2)13-11-18-16(17-3)20-12-10-14-8-6-7-9-15(14)20/h6-9H,4-5,10-13H2,1-3H3,(H,17,18). The van der Waals surface area contributed by atoms with Gasteiger partial charge in [-0.05, 0) is 31.1 Å². The molecule has 0 amide bonds. The van der Waals surface area contributed by atoms with Crippen LogP contribution in [0.2, 0.25) is 0 Å². The molecule has 1 aliphatic heterocycles. The smallest absolute Gasteiger partial charge is 0.198 e. The maximum atomic E-state index is 4.43. The van der Waals surface area contributed by atoms with Crippen molar-refractivity contribution in [3.63, 3.8) is 0 Å². The van der Waals surface area contributed by atoms with Crippen LogP contribution in [-0.2, 0) is 6.42 Å². The molecule has 1 N–H and O–H groups in total. The summed E-state index contributed by atoms with van der Waals surface area (Å²) in [6, 6.07) is 8.59. The number of guanidine groups is 1. The van der Waals surface area contributed by atoms with E-state index in [0.717, 1.165) is 45.1 Å². The summed E-state index contributed by atoms with van der Waals surface area (Å²) in [4.78, 5) is 9.13. The lowest BCUT2D eigenvalue weighted by molar-refractivity contribution is 0.308. The van der Waals surface area contributed by atoms with Crippen molar-refractivity contribution in [3.8, 4) is 0 Å². The number of likely N-dealkylation sites (N-methyl/N-ethyl adjacent to an activating group) is 1. The van der Waals surface area contributed by atoms with Crippen LogP contribution in [0.1, 0.15) is 19.4 Å². The second-order valence-corrected chi connectivity index (χ2v) is 5.03. The topological polar surface area (TPSA) is 30.9 Å². The van der Waals surface area contributed by atoms with E-state index in [-0.39, 0.29) is 0 Å². The largest absolute Gasteiger partial charge is 0.355 e. The third-order valence-electron chi connectivity index (χ3n) is 3.96. The number of nitrogens with zero attached hydrogens (tertiary/aromatic N) is 3. The molecule has 0 unspecified atom stereocenters. The molecular formula is C16H26N4. The van der Waals surface area contributed by atoms with E-state index < -0.39 is 0 Å². The molecule has 1 heterocycles. The van der Waals surface area contributed by atoms with Gasteiger partial charge in [0.1, 0.15) is 0 Å². The molecule has 0 fully saturated rings. The summed E-state index contributed by atoms with van der Waals surface area (Å²) >= 11 is 0. The summed E-state index contributed by atoms with van der Waals surface area (Å²) < 4.78 is 0.